The molecule has 2 aromatic rings. The fraction of sp³-hybridized carbons (Fsp3) is 0.222. The largest absolute Gasteiger partial charge is 0.446 e. The van der Waals surface area contributed by atoms with Gasteiger partial charge in [-0.2, -0.15) is 0 Å². The van der Waals surface area contributed by atoms with Gasteiger partial charge in [0, 0.05) is 16.5 Å². The molecule has 12 heavy (non-hydrogen) atoms. The van der Waals surface area contributed by atoms with Crippen LogP contribution in [0.5, 0.6) is 0 Å². The van der Waals surface area contributed by atoms with E-state index in [1.54, 1.807) is 6.26 Å². The molecule has 0 radical (unpaired) electrons. The van der Waals surface area contributed by atoms with Crippen molar-refractivity contribution >= 4 is 22.0 Å². The first-order chi connectivity index (χ1) is 5.77. The Balaban J connectivity index is 2.60. The Hall–Kier alpha value is -0.960. The van der Waals surface area contributed by atoms with Crippen molar-refractivity contribution in [2.75, 3.05) is 12.5 Å². The highest BCUT2D eigenvalue weighted by Gasteiger charge is 2.00. The number of furan rings is 1. The molecular weight excluding hydrogens is 170 g/mol. The maximum absolute atomic E-state index is 5.15. The first kappa shape index (κ1) is 7.68. The van der Waals surface area contributed by atoms with Crippen molar-refractivity contribution < 1.29 is 4.42 Å². The van der Waals surface area contributed by atoms with Crippen LogP contribution in [0, 0.1) is 0 Å². The van der Waals surface area contributed by atoms with Gasteiger partial charge in [0.1, 0.15) is 0 Å². The van der Waals surface area contributed by atoms with Crippen molar-refractivity contribution in [1.29, 1.82) is 0 Å². The van der Waals surface area contributed by atoms with E-state index in [4.69, 9.17) is 4.42 Å². The highest BCUT2D eigenvalue weighted by molar-refractivity contribution is 8.15. The number of rotatable bonds is 1. The standard InChI is InChI=1S/C9H11NOS/c1-12(2)8-5-7-3-4-11-9(7)10-6-8/h3-6,12H,1-2H3. The molecular formula is C9H11NOS. The van der Waals surface area contributed by atoms with Crippen molar-refractivity contribution in [3.63, 3.8) is 0 Å². The number of nitrogens with zero attached hydrogens (tertiary/aromatic N) is 1. The molecule has 2 heterocycles. The van der Waals surface area contributed by atoms with Crippen LogP contribution in [-0.2, 0) is 0 Å². The van der Waals surface area contributed by atoms with Crippen molar-refractivity contribution in [2.45, 2.75) is 4.90 Å². The average Bonchev–Trinajstić information content (AvgIpc) is 2.49. The van der Waals surface area contributed by atoms with Crippen LogP contribution in [0.4, 0.5) is 0 Å². The van der Waals surface area contributed by atoms with Crippen LogP contribution < -0.4 is 0 Å². The molecule has 3 heteroatoms. The monoisotopic (exact) mass is 181 g/mol. The molecule has 0 saturated heterocycles. The maximum atomic E-state index is 5.15. The van der Waals surface area contributed by atoms with E-state index in [0.29, 0.717) is 0 Å². The van der Waals surface area contributed by atoms with E-state index < -0.39 is 0 Å². The summed E-state index contributed by atoms with van der Waals surface area (Å²) >= 11 is 0. The van der Waals surface area contributed by atoms with E-state index in [0.717, 1.165) is 11.1 Å². The van der Waals surface area contributed by atoms with Gasteiger partial charge in [-0.15, -0.1) is 0 Å². The summed E-state index contributed by atoms with van der Waals surface area (Å²) in [4.78, 5) is 5.53. The summed E-state index contributed by atoms with van der Waals surface area (Å²) in [5, 5.41) is 1.10. The fourth-order valence-electron chi connectivity index (χ4n) is 1.09. The third kappa shape index (κ3) is 1.20. The van der Waals surface area contributed by atoms with Gasteiger partial charge in [-0.25, -0.2) is 15.9 Å². The topological polar surface area (TPSA) is 26.0 Å². The van der Waals surface area contributed by atoms with Crippen LogP contribution in [0.2, 0.25) is 0 Å². The zero-order valence-corrected chi connectivity index (χ0v) is 8.01. The van der Waals surface area contributed by atoms with Crippen molar-refractivity contribution in [1.82, 2.24) is 4.98 Å². The van der Waals surface area contributed by atoms with Gasteiger partial charge < -0.3 is 4.42 Å². The number of hydrogen-bond acceptors (Lipinski definition) is 2. The Labute approximate surface area is 73.9 Å². The molecule has 0 spiro atoms. The predicted octanol–water partition coefficient (Wildman–Crippen LogP) is 2.45. The van der Waals surface area contributed by atoms with E-state index in [2.05, 4.69) is 23.6 Å². The van der Waals surface area contributed by atoms with Gasteiger partial charge in [0.2, 0.25) is 5.71 Å². The Morgan fingerprint density at radius 1 is 1.42 bits per heavy atom. The van der Waals surface area contributed by atoms with E-state index in [1.807, 2.05) is 12.3 Å². The lowest BCUT2D eigenvalue weighted by atomic mass is 10.3. The lowest BCUT2D eigenvalue weighted by Crippen LogP contribution is -1.80. The normalized spacial score (nSPS) is 12.0. The fourth-order valence-corrected chi connectivity index (χ4v) is 1.78. The van der Waals surface area contributed by atoms with Crippen molar-refractivity contribution in [3.8, 4) is 0 Å². The number of fused-ring (bicyclic) bond motifs is 1. The van der Waals surface area contributed by atoms with Crippen molar-refractivity contribution in [2.24, 2.45) is 0 Å². The second-order valence-corrected chi connectivity index (χ2v) is 5.21. The van der Waals surface area contributed by atoms with Crippen LogP contribution in [-0.4, -0.2) is 17.5 Å². The lowest BCUT2D eigenvalue weighted by molar-refractivity contribution is 0.602. The molecule has 0 bridgehead atoms. The minimum absolute atomic E-state index is 0.0541. The Morgan fingerprint density at radius 3 is 3.00 bits per heavy atom. The van der Waals surface area contributed by atoms with E-state index in [9.17, 15) is 0 Å². The first-order valence-electron chi connectivity index (χ1n) is 3.78. The van der Waals surface area contributed by atoms with E-state index in [1.165, 1.54) is 4.90 Å². The SMILES string of the molecule is C[SH](C)c1cnc2occc2c1. The molecule has 0 amide bonds. The molecule has 0 aliphatic rings. The van der Waals surface area contributed by atoms with Crippen LogP contribution in [0.1, 0.15) is 0 Å². The highest BCUT2D eigenvalue weighted by Crippen LogP contribution is 2.29. The van der Waals surface area contributed by atoms with E-state index >= 15 is 0 Å². The molecule has 0 aromatic carbocycles. The summed E-state index contributed by atoms with van der Waals surface area (Å²) in [5.74, 6) is 0. The second kappa shape index (κ2) is 2.83. The number of pyridine rings is 1. The number of hydrogen-bond donors (Lipinski definition) is 1. The molecule has 0 aliphatic carbocycles. The summed E-state index contributed by atoms with van der Waals surface area (Å²) in [6.45, 7) is 0. The third-order valence-electron chi connectivity index (χ3n) is 1.81. The Kier molecular flexibility index (Phi) is 1.81. The van der Waals surface area contributed by atoms with Gasteiger partial charge in [0.05, 0.1) is 6.26 Å². The Morgan fingerprint density at radius 2 is 2.25 bits per heavy atom. The number of thiol groups is 1. The number of aromatic nitrogens is 1. The molecule has 0 fully saturated rings. The summed E-state index contributed by atoms with van der Waals surface area (Å²) < 4.78 is 5.15. The first-order valence-corrected chi connectivity index (χ1v) is 6.01. The molecule has 0 unspecified atom stereocenters. The van der Waals surface area contributed by atoms with Crippen LogP contribution in [0.3, 0.4) is 0 Å². The zero-order valence-electron chi connectivity index (χ0n) is 7.11. The maximum Gasteiger partial charge on any atom is 0.225 e. The smallest absolute Gasteiger partial charge is 0.225 e. The Bertz CT molecular complexity index is 394. The summed E-state index contributed by atoms with van der Waals surface area (Å²) in [7, 11) is -0.0541. The summed E-state index contributed by atoms with van der Waals surface area (Å²) in [5.41, 5.74) is 0.732. The molecule has 0 atom stereocenters. The van der Waals surface area contributed by atoms with Crippen LogP contribution >= 0.6 is 10.9 Å². The van der Waals surface area contributed by atoms with Gasteiger partial charge in [-0.3, -0.25) is 0 Å². The molecule has 2 aromatic heterocycles. The lowest BCUT2D eigenvalue weighted by Gasteiger charge is -2.07. The molecule has 0 aliphatic heterocycles. The van der Waals surface area contributed by atoms with Gasteiger partial charge in [0.25, 0.3) is 0 Å². The summed E-state index contributed by atoms with van der Waals surface area (Å²) in [6, 6.07) is 4.10. The summed E-state index contributed by atoms with van der Waals surface area (Å²) in [6.07, 6.45) is 8.02. The van der Waals surface area contributed by atoms with Crippen LogP contribution in [0.25, 0.3) is 11.1 Å². The van der Waals surface area contributed by atoms with Gasteiger partial charge in [-0.05, 0) is 24.6 Å². The van der Waals surface area contributed by atoms with Gasteiger partial charge >= 0.3 is 0 Å². The second-order valence-electron chi connectivity index (χ2n) is 2.90. The molecule has 64 valence electrons. The molecule has 2 nitrogen and oxygen atoms in total. The zero-order chi connectivity index (χ0) is 8.55. The quantitative estimate of drug-likeness (QED) is 0.684. The van der Waals surface area contributed by atoms with Gasteiger partial charge in [0.15, 0.2) is 0 Å². The third-order valence-corrected chi connectivity index (χ3v) is 3.09. The van der Waals surface area contributed by atoms with E-state index in [-0.39, 0.29) is 10.9 Å². The predicted molar refractivity (Wildman–Crippen MR) is 53.1 cm³/mol. The molecule has 2 rings (SSSR count). The molecule has 0 N–H and O–H groups in total. The minimum Gasteiger partial charge on any atom is -0.446 e. The van der Waals surface area contributed by atoms with Gasteiger partial charge in [-0.1, -0.05) is 0 Å². The minimum atomic E-state index is -0.0541. The van der Waals surface area contributed by atoms with Crippen LogP contribution in [0.15, 0.2) is 33.9 Å². The molecule has 0 saturated carbocycles. The highest BCUT2D eigenvalue weighted by atomic mass is 32.2. The average molecular weight is 181 g/mol. The van der Waals surface area contributed by atoms with Crippen molar-refractivity contribution in [3.05, 3.63) is 24.6 Å².